The fourth-order valence-electron chi connectivity index (χ4n) is 4.24. The molecule has 1 atom stereocenters. The van der Waals surface area contributed by atoms with Crippen molar-refractivity contribution in [1.29, 1.82) is 0 Å². The molecule has 2 aliphatic heterocycles. The summed E-state index contributed by atoms with van der Waals surface area (Å²) in [7, 11) is 1.65. The number of aliphatic imine (C=N–C) groups is 1. The summed E-state index contributed by atoms with van der Waals surface area (Å²) in [5.41, 5.74) is 9.42. The van der Waals surface area contributed by atoms with Gasteiger partial charge in [0, 0.05) is 24.4 Å². The highest BCUT2D eigenvalue weighted by Crippen LogP contribution is 2.33. The van der Waals surface area contributed by atoms with Crippen molar-refractivity contribution in [1.82, 2.24) is 9.88 Å². The third-order valence-electron chi connectivity index (χ3n) is 6.35. The Morgan fingerprint density at radius 1 is 1.13 bits per heavy atom. The van der Waals surface area contributed by atoms with Crippen molar-refractivity contribution in [2.24, 2.45) is 10.7 Å². The highest BCUT2D eigenvalue weighted by atomic mass is 35.5. The van der Waals surface area contributed by atoms with E-state index in [1.807, 2.05) is 54.6 Å². The average molecular weight is 526 g/mol. The van der Waals surface area contributed by atoms with E-state index in [1.165, 1.54) is 9.80 Å². The molecule has 5 rings (SSSR count). The van der Waals surface area contributed by atoms with Crippen LogP contribution in [0.1, 0.15) is 16.8 Å². The number of nitrogens with zero attached hydrogens (tertiary/aromatic N) is 4. The number of pyridine rings is 1. The highest BCUT2D eigenvalue weighted by Gasteiger charge is 2.41. The molecule has 2 aromatic carbocycles. The Balaban J connectivity index is 1.33. The number of aromatic nitrogens is 1. The maximum absolute atomic E-state index is 13.4. The standard InChI is InChI=1S/C29H24ClN5O3/c1-34-23-13-11-19(10-12-21-9-5-6-14-32-21)15-25(23)38-18-24(28(34)36)35-17-22(26(31)29(35)37)27(30)33-16-20-7-3-2-4-8-20/h2-9,11,13-15,24H,16-18,31H2,1H3. The Kier molecular flexibility index (Phi) is 7.11. The summed E-state index contributed by atoms with van der Waals surface area (Å²) in [5.74, 6) is 5.80. The van der Waals surface area contributed by atoms with E-state index in [2.05, 4.69) is 21.8 Å². The molecule has 0 saturated carbocycles. The quantitative estimate of drug-likeness (QED) is 0.417. The van der Waals surface area contributed by atoms with Crippen LogP contribution in [0.25, 0.3) is 0 Å². The van der Waals surface area contributed by atoms with Gasteiger partial charge >= 0.3 is 0 Å². The molecule has 3 aromatic rings. The van der Waals surface area contributed by atoms with E-state index in [-0.39, 0.29) is 29.9 Å². The van der Waals surface area contributed by atoms with Gasteiger partial charge in [-0.05, 0) is 41.8 Å². The van der Waals surface area contributed by atoms with Gasteiger partial charge in [0.1, 0.15) is 35.0 Å². The molecule has 0 radical (unpaired) electrons. The predicted octanol–water partition coefficient (Wildman–Crippen LogP) is 3.10. The fraction of sp³-hybridized carbons (Fsp3) is 0.172. The molecule has 38 heavy (non-hydrogen) atoms. The van der Waals surface area contributed by atoms with E-state index >= 15 is 0 Å². The van der Waals surface area contributed by atoms with Crippen molar-refractivity contribution in [2.75, 3.05) is 25.1 Å². The summed E-state index contributed by atoms with van der Waals surface area (Å²) < 4.78 is 6.03. The largest absolute Gasteiger partial charge is 0.489 e. The van der Waals surface area contributed by atoms with Gasteiger partial charge in [0.15, 0.2) is 0 Å². The molecule has 8 nitrogen and oxygen atoms in total. The van der Waals surface area contributed by atoms with Gasteiger partial charge in [0.25, 0.3) is 11.8 Å². The second-order valence-electron chi connectivity index (χ2n) is 8.79. The molecule has 1 aromatic heterocycles. The molecule has 0 bridgehead atoms. The number of anilines is 1. The highest BCUT2D eigenvalue weighted by molar-refractivity contribution is 6.70. The maximum Gasteiger partial charge on any atom is 0.271 e. The number of benzene rings is 2. The summed E-state index contributed by atoms with van der Waals surface area (Å²) in [6, 6.07) is 19.6. The molecular formula is C29H24ClN5O3. The van der Waals surface area contributed by atoms with Gasteiger partial charge < -0.3 is 20.3 Å². The first kappa shape index (κ1) is 25.1. The van der Waals surface area contributed by atoms with Crippen LogP contribution in [0.4, 0.5) is 5.69 Å². The summed E-state index contributed by atoms with van der Waals surface area (Å²) in [5, 5.41) is 0.150. The molecule has 190 valence electrons. The molecule has 0 spiro atoms. The van der Waals surface area contributed by atoms with Crippen molar-refractivity contribution in [3.8, 4) is 17.6 Å². The molecule has 0 aliphatic carbocycles. The number of nitrogens with two attached hydrogens (primary N) is 1. The topological polar surface area (TPSA) is 101 Å². The third kappa shape index (κ3) is 5.10. The Bertz CT molecular complexity index is 1510. The Labute approximate surface area is 225 Å². The average Bonchev–Trinajstić information content (AvgIpc) is 3.18. The van der Waals surface area contributed by atoms with E-state index < -0.39 is 11.9 Å². The van der Waals surface area contributed by atoms with Crippen LogP contribution in [0.15, 0.2) is 89.2 Å². The van der Waals surface area contributed by atoms with Crippen LogP contribution in [0.3, 0.4) is 0 Å². The van der Waals surface area contributed by atoms with Crippen LogP contribution in [-0.4, -0.2) is 53.1 Å². The smallest absolute Gasteiger partial charge is 0.271 e. The molecule has 1 unspecified atom stereocenters. The number of fused-ring (bicyclic) bond motifs is 1. The minimum Gasteiger partial charge on any atom is -0.489 e. The van der Waals surface area contributed by atoms with Gasteiger partial charge in [-0.1, -0.05) is 53.9 Å². The first-order chi connectivity index (χ1) is 18.4. The van der Waals surface area contributed by atoms with Gasteiger partial charge in [0.2, 0.25) is 0 Å². The SMILES string of the molecule is CN1C(=O)C(N2CC(C(Cl)=NCc3ccccc3)=C(N)C2=O)COc2cc(C#Cc3ccccn3)ccc21. The summed E-state index contributed by atoms with van der Waals surface area (Å²) >= 11 is 6.45. The number of halogens is 1. The normalized spacial score (nSPS) is 17.5. The lowest BCUT2D eigenvalue weighted by Crippen LogP contribution is -2.51. The number of likely N-dealkylation sites (N-methyl/N-ethyl adjacent to an activating group) is 1. The molecule has 2 aliphatic rings. The van der Waals surface area contributed by atoms with E-state index in [0.29, 0.717) is 34.8 Å². The van der Waals surface area contributed by atoms with E-state index in [1.54, 1.807) is 25.4 Å². The first-order valence-corrected chi connectivity index (χ1v) is 12.3. The molecule has 9 heteroatoms. The van der Waals surface area contributed by atoms with E-state index in [4.69, 9.17) is 22.1 Å². The van der Waals surface area contributed by atoms with Crippen molar-refractivity contribution < 1.29 is 14.3 Å². The summed E-state index contributed by atoms with van der Waals surface area (Å²) in [6.45, 7) is 0.366. The molecule has 2 amide bonds. The van der Waals surface area contributed by atoms with Crippen molar-refractivity contribution in [3.05, 3.63) is 101 Å². The monoisotopic (exact) mass is 525 g/mol. The van der Waals surface area contributed by atoms with Crippen LogP contribution < -0.4 is 15.4 Å². The van der Waals surface area contributed by atoms with Gasteiger partial charge in [-0.25, -0.2) is 4.98 Å². The van der Waals surface area contributed by atoms with Crippen LogP contribution in [-0.2, 0) is 16.1 Å². The van der Waals surface area contributed by atoms with Crippen LogP contribution >= 0.6 is 11.6 Å². The van der Waals surface area contributed by atoms with E-state index in [9.17, 15) is 9.59 Å². The zero-order valence-corrected chi connectivity index (χ0v) is 21.4. The minimum absolute atomic E-state index is 0.0175. The van der Waals surface area contributed by atoms with Gasteiger partial charge in [0.05, 0.1) is 18.8 Å². The fourth-order valence-corrected chi connectivity index (χ4v) is 4.46. The van der Waals surface area contributed by atoms with E-state index in [0.717, 1.165) is 5.56 Å². The molecule has 0 saturated heterocycles. The number of rotatable bonds is 4. The lowest BCUT2D eigenvalue weighted by atomic mass is 10.1. The predicted molar refractivity (Wildman–Crippen MR) is 146 cm³/mol. The zero-order valence-electron chi connectivity index (χ0n) is 20.6. The van der Waals surface area contributed by atoms with Gasteiger partial charge in [-0.2, -0.15) is 0 Å². The first-order valence-electron chi connectivity index (χ1n) is 11.9. The summed E-state index contributed by atoms with van der Waals surface area (Å²) in [4.78, 5) is 38.0. The number of ether oxygens (including phenoxy) is 1. The third-order valence-corrected chi connectivity index (χ3v) is 6.69. The minimum atomic E-state index is -0.891. The second-order valence-corrected chi connectivity index (χ2v) is 9.15. The Hall–Kier alpha value is -4.61. The molecular weight excluding hydrogens is 502 g/mol. The molecule has 2 N–H and O–H groups in total. The van der Waals surface area contributed by atoms with Gasteiger partial charge in [-0.15, -0.1) is 0 Å². The number of amides is 2. The number of carbonyl (C=O) groups excluding carboxylic acids is 2. The Morgan fingerprint density at radius 3 is 2.68 bits per heavy atom. The molecule has 0 fully saturated rings. The summed E-state index contributed by atoms with van der Waals surface area (Å²) in [6.07, 6.45) is 1.68. The number of hydrogen-bond donors (Lipinski definition) is 1. The Morgan fingerprint density at radius 2 is 1.92 bits per heavy atom. The van der Waals surface area contributed by atoms with Crippen molar-refractivity contribution in [3.63, 3.8) is 0 Å². The van der Waals surface area contributed by atoms with Crippen LogP contribution in [0.5, 0.6) is 5.75 Å². The van der Waals surface area contributed by atoms with Crippen LogP contribution in [0, 0.1) is 11.8 Å². The van der Waals surface area contributed by atoms with Gasteiger partial charge in [-0.3, -0.25) is 14.6 Å². The zero-order chi connectivity index (χ0) is 26.6. The van der Waals surface area contributed by atoms with Crippen molar-refractivity contribution >= 4 is 34.3 Å². The number of carbonyl (C=O) groups is 2. The second kappa shape index (κ2) is 10.8. The number of hydrogen-bond acceptors (Lipinski definition) is 6. The van der Waals surface area contributed by atoms with Crippen molar-refractivity contribution in [2.45, 2.75) is 12.6 Å². The lowest BCUT2D eigenvalue weighted by molar-refractivity contribution is -0.135. The van der Waals surface area contributed by atoms with Crippen LogP contribution in [0.2, 0.25) is 0 Å². The molecule has 3 heterocycles. The maximum atomic E-state index is 13.4. The lowest BCUT2D eigenvalue weighted by Gasteiger charge is -2.27.